The normalized spacial score (nSPS) is 24.0. The molecule has 1 aliphatic heterocycles. The van der Waals surface area contributed by atoms with E-state index in [-0.39, 0.29) is 33.0 Å². The van der Waals surface area contributed by atoms with Gasteiger partial charge in [-0.2, -0.15) is 0 Å². The Morgan fingerprint density at radius 1 is 1.34 bits per heavy atom. The summed E-state index contributed by atoms with van der Waals surface area (Å²) in [5.74, 6) is -3.14. The third-order valence-electron chi connectivity index (χ3n) is 6.58. The number of likely N-dealkylation sites (tertiary alicyclic amines) is 1. The summed E-state index contributed by atoms with van der Waals surface area (Å²) in [5, 5.41) is 14.0. The average molecular weight is 510 g/mol. The lowest BCUT2D eigenvalue weighted by atomic mass is 9.99. The molecule has 0 bridgehead atoms. The second kappa shape index (κ2) is 8.08. The molecule has 1 unspecified atom stereocenters. The highest BCUT2D eigenvalue weighted by atomic mass is 79.9. The summed E-state index contributed by atoms with van der Waals surface area (Å²) in [6.45, 7) is 4.52. The number of aliphatic hydroxyl groups excluding tert-OH is 1. The highest BCUT2D eigenvalue weighted by molar-refractivity contribution is 9.10. The zero-order chi connectivity index (χ0) is 23.4. The number of methoxy groups -OCH3 is 1. The van der Waals surface area contributed by atoms with Crippen molar-refractivity contribution in [3.8, 4) is 0 Å². The molecular weight excluding hydrogens is 488 g/mol. The molecule has 7 nitrogen and oxygen atoms in total. The number of hydrogen-bond acceptors (Lipinski definition) is 6. The molecule has 2 N–H and O–H groups in total. The van der Waals surface area contributed by atoms with Crippen LogP contribution in [0.15, 0.2) is 34.9 Å². The molecule has 0 radical (unpaired) electrons. The number of pyridine rings is 1. The van der Waals surface area contributed by atoms with Crippen LogP contribution in [-0.4, -0.2) is 52.8 Å². The zero-order valence-corrected chi connectivity index (χ0v) is 19.2. The third kappa shape index (κ3) is 3.65. The number of nitrogens with one attached hydrogen (secondary N) is 1. The molecule has 4 rings (SSSR count). The largest absolute Gasteiger partial charge is 0.464 e. The molecule has 1 aromatic carbocycles. The number of nitrogens with zero attached hydrogens (tertiary/aromatic N) is 2. The van der Waals surface area contributed by atoms with Crippen molar-refractivity contribution < 1.29 is 28.2 Å². The number of fused-ring (bicyclic) bond motifs is 1. The molecule has 2 fully saturated rings. The fourth-order valence-corrected chi connectivity index (χ4v) is 5.26. The third-order valence-corrected chi connectivity index (χ3v) is 7.35. The number of esters is 1. The first-order valence-electron chi connectivity index (χ1n) is 10.0. The highest BCUT2D eigenvalue weighted by Crippen LogP contribution is 2.65. The Balaban J connectivity index is 1.61. The van der Waals surface area contributed by atoms with Crippen molar-refractivity contribution in [1.29, 1.82) is 0 Å². The number of hydrogen-bond donors (Lipinski definition) is 2. The number of benzene rings is 1. The average Bonchev–Trinajstić information content (AvgIpc) is 3.11. The zero-order valence-electron chi connectivity index (χ0n) is 17.6. The van der Waals surface area contributed by atoms with E-state index in [4.69, 9.17) is 0 Å². The van der Waals surface area contributed by atoms with Gasteiger partial charge in [0.2, 0.25) is 0 Å². The monoisotopic (exact) mass is 509 g/mol. The molecule has 2 aromatic rings. The van der Waals surface area contributed by atoms with Gasteiger partial charge in [-0.3, -0.25) is 4.79 Å². The number of anilines is 1. The molecule has 32 heavy (non-hydrogen) atoms. The molecule has 1 saturated heterocycles. The summed E-state index contributed by atoms with van der Waals surface area (Å²) < 4.78 is 32.0. The predicted molar refractivity (Wildman–Crippen MR) is 115 cm³/mol. The molecule has 1 saturated carbocycles. The molecule has 1 amide bonds. The van der Waals surface area contributed by atoms with Gasteiger partial charge >= 0.3 is 5.97 Å². The number of amides is 1. The first-order valence-corrected chi connectivity index (χ1v) is 10.8. The Kier molecular flexibility index (Phi) is 5.70. The van der Waals surface area contributed by atoms with Gasteiger partial charge in [0.1, 0.15) is 11.9 Å². The topological polar surface area (TPSA) is 91.8 Å². The van der Waals surface area contributed by atoms with Crippen LogP contribution in [-0.2, 0) is 4.74 Å². The van der Waals surface area contributed by atoms with Crippen molar-refractivity contribution in [2.24, 2.45) is 17.3 Å². The fraction of sp³-hybridized carbons (Fsp3) is 0.409. The van der Waals surface area contributed by atoms with Gasteiger partial charge in [0.25, 0.3) is 5.91 Å². The molecule has 1 aromatic heterocycles. The second-order valence-corrected chi connectivity index (χ2v) is 9.43. The first kappa shape index (κ1) is 22.6. The summed E-state index contributed by atoms with van der Waals surface area (Å²) in [5.41, 5.74) is 0.401. The van der Waals surface area contributed by atoms with E-state index >= 15 is 0 Å². The highest BCUT2D eigenvalue weighted by Gasteiger charge is 2.69. The Morgan fingerprint density at radius 3 is 2.75 bits per heavy atom. The van der Waals surface area contributed by atoms with Gasteiger partial charge in [0, 0.05) is 18.4 Å². The summed E-state index contributed by atoms with van der Waals surface area (Å²) in [4.78, 5) is 30.4. The van der Waals surface area contributed by atoms with Crippen molar-refractivity contribution in [2.45, 2.75) is 26.1 Å². The van der Waals surface area contributed by atoms with E-state index < -0.39 is 35.8 Å². The van der Waals surface area contributed by atoms with E-state index in [1.807, 2.05) is 0 Å². The number of carbonyl (C=O) groups excluding carboxylic acids is 2. The van der Waals surface area contributed by atoms with Crippen molar-refractivity contribution in [2.75, 3.05) is 19.0 Å². The standard InChI is InChI=1S/C22H22BrF2N3O4/c1-22(2)12-9-28(20(30)11-4-5-13(24)17(25)16(11)23)18(15(12)22)19(29)27-10-6-7-26-14(8-10)21(31)32-3/h4-8,12,15,18-19,29H,9H2,1-3H3,(H,26,27)/t12-,15-,18-,19?/m0/s1. The molecule has 4 atom stereocenters. The SMILES string of the molecule is COC(=O)c1cc(NC(O)[C@@H]2[C@@H]3[C@H](CN2C(=O)c2ccc(F)c(F)c2Br)C3(C)C)ccn1. The van der Waals surface area contributed by atoms with E-state index in [1.54, 1.807) is 6.07 Å². The van der Waals surface area contributed by atoms with Crippen LogP contribution in [0, 0.1) is 28.9 Å². The molecule has 170 valence electrons. The number of aromatic nitrogens is 1. The van der Waals surface area contributed by atoms with Crippen LogP contribution < -0.4 is 5.32 Å². The van der Waals surface area contributed by atoms with E-state index in [1.165, 1.54) is 30.3 Å². The summed E-state index contributed by atoms with van der Waals surface area (Å²) >= 11 is 2.98. The van der Waals surface area contributed by atoms with Crippen molar-refractivity contribution in [1.82, 2.24) is 9.88 Å². The number of piperidine rings is 1. The Morgan fingerprint density at radius 2 is 2.06 bits per heavy atom. The maximum absolute atomic E-state index is 14.0. The van der Waals surface area contributed by atoms with Crippen LogP contribution in [0.5, 0.6) is 0 Å². The van der Waals surface area contributed by atoms with Crippen molar-refractivity contribution >= 4 is 33.5 Å². The van der Waals surface area contributed by atoms with Crippen LogP contribution in [0.4, 0.5) is 14.5 Å². The smallest absolute Gasteiger partial charge is 0.356 e. The minimum absolute atomic E-state index is 0.0138. The molecular formula is C22H22BrF2N3O4. The fourth-order valence-electron chi connectivity index (χ4n) is 4.76. The van der Waals surface area contributed by atoms with Crippen LogP contribution in [0.3, 0.4) is 0 Å². The van der Waals surface area contributed by atoms with Crippen molar-refractivity contribution in [3.63, 3.8) is 0 Å². The van der Waals surface area contributed by atoms with Gasteiger partial charge in [-0.1, -0.05) is 13.8 Å². The number of ether oxygens (including phenoxy) is 1. The lowest BCUT2D eigenvalue weighted by Gasteiger charge is -2.35. The molecule has 0 spiro atoms. The van der Waals surface area contributed by atoms with Crippen LogP contribution in [0.2, 0.25) is 0 Å². The molecule has 1 aliphatic carbocycles. The van der Waals surface area contributed by atoms with Gasteiger partial charge in [-0.05, 0) is 57.4 Å². The van der Waals surface area contributed by atoms with Crippen molar-refractivity contribution in [3.05, 3.63) is 57.8 Å². The Bertz CT molecular complexity index is 1100. The Hall–Kier alpha value is -2.59. The number of carbonyl (C=O) groups is 2. The van der Waals surface area contributed by atoms with Crippen LogP contribution in [0.1, 0.15) is 34.7 Å². The summed E-state index contributed by atoms with van der Waals surface area (Å²) in [6.07, 6.45) is 0.230. The van der Waals surface area contributed by atoms with Gasteiger partial charge in [-0.15, -0.1) is 0 Å². The minimum atomic E-state index is -1.17. The number of rotatable bonds is 5. The van der Waals surface area contributed by atoms with Crippen LogP contribution >= 0.6 is 15.9 Å². The quantitative estimate of drug-likeness (QED) is 0.364. The first-order chi connectivity index (χ1) is 15.1. The summed E-state index contributed by atoms with van der Waals surface area (Å²) in [6, 6.07) is 4.54. The summed E-state index contributed by atoms with van der Waals surface area (Å²) in [7, 11) is 1.24. The molecule has 10 heteroatoms. The van der Waals surface area contributed by atoms with E-state index in [2.05, 4.69) is 44.8 Å². The van der Waals surface area contributed by atoms with Gasteiger partial charge < -0.3 is 20.1 Å². The Labute approximate surface area is 191 Å². The van der Waals surface area contributed by atoms with E-state index in [0.717, 1.165) is 6.07 Å². The van der Waals surface area contributed by atoms with Gasteiger partial charge in [0.05, 0.1) is 23.2 Å². The lowest BCUT2D eigenvalue weighted by Crippen LogP contribution is -2.50. The second-order valence-electron chi connectivity index (χ2n) is 8.64. The maximum Gasteiger partial charge on any atom is 0.356 e. The minimum Gasteiger partial charge on any atom is -0.464 e. The van der Waals surface area contributed by atoms with Gasteiger partial charge in [0.15, 0.2) is 11.6 Å². The number of aliphatic hydroxyl groups is 1. The van der Waals surface area contributed by atoms with Gasteiger partial charge in [-0.25, -0.2) is 18.6 Å². The lowest BCUT2D eigenvalue weighted by molar-refractivity contribution is 0.0417. The predicted octanol–water partition coefficient (Wildman–Crippen LogP) is 3.44. The van der Waals surface area contributed by atoms with E-state index in [0.29, 0.717) is 12.2 Å². The molecule has 2 heterocycles. The van der Waals surface area contributed by atoms with E-state index in [9.17, 15) is 23.5 Å². The van der Waals surface area contributed by atoms with Crippen LogP contribution in [0.25, 0.3) is 0 Å². The molecule has 2 aliphatic rings. The number of halogens is 3. The maximum atomic E-state index is 14.0.